The fraction of sp³-hybridized carbons (Fsp3) is 0.143. The van der Waals surface area contributed by atoms with Crippen LogP contribution in [0.2, 0.25) is 5.02 Å². The van der Waals surface area contributed by atoms with Crippen molar-refractivity contribution in [2.75, 3.05) is 0 Å². The molecular weight excluding hydrogens is 237 g/mol. The molecule has 0 heterocycles. The van der Waals surface area contributed by atoms with Gasteiger partial charge in [-0.1, -0.05) is 48.0 Å². The van der Waals surface area contributed by atoms with Crippen molar-refractivity contribution in [3.63, 3.8) is 0 Å². The van der Waals surface area contributed by atoms with Gasteiger partial charge in [-0.3, -0.25) is 0 Å². The van der Waals surface area contributed by atoms with E-state index in [-0.39, 0.29) is 11.9 Å². The molecule has 0 saturated carbocycles. The van der Waals surface area contributed by atoms with E-state index < -0.39 is 0 Å². The van der Waals surface area contributed by atoms with Crippen molar-refractivity contribution in [3.8, 4) is 0 Å². The normalized spacial score (nSPS) is 12.4. The molecule has 0 spiro atoms. The van der Waals surface area contributed by atoms with Crippen LogP contribution in [0.15, 0.2) is 48.5 Å². The lowest BCUT2D eigenvalue weighted by molar-refractivity contribution is 0.580. The molecule has 0 aliphatic carbocycles. The predicted octanol–water partition coefficient (Wildman–Crippen LogP) is 3.72. The number of hydrogen-bond donors (Lipinski definition) is 1. The highest BCUT2D eigenvalue weighted by molar-refractivity contribution is 6.30. The molecule has 1 unspecified atom stereocenters. The van der Waals surface area contributed by atoms with Crippen LogP contribution in [0.4, 0.5) is 4.39 Å². The van der Waals surface area contributed by atoms with Gasteiger partial charge in [-0.15, -0.1) is 0 Å². The molecule has 88 valence electrons. The van der Waals surface area contributed by atoms with Gasteiger partial charge < -0.3 is 5.73 Å². The SMILES string of the molecule is NC(Cc1ccccc1)c1ccc(Cl)cc1F. The molecule has 0 aliphatic heterocycles. The highest BCUT2D eigenvalue weighted by atomic mass is 35.5. The highest BCUT2D eigenvalue weighted by Gasteiger charge is 2.12. The zero-order valence-electron chi connectivity index (χ0n) is 9.24. The summed E-state index contributed by atoms with van der Waals surface area (Å²) < 4.78 is 13.6. The van der Waals surface area contributed by atoms with Gasteiger partial charge >= 0.3 is 0 Å². The van der Waals surface area contributed by atoms with E-state index in [0.717, 1.165) is 5.56 Å². The molecule has 1 atom stereocenters. The Morgan fingerprint density at radius 2 is 1.82 bits per heavy atom. The summed E-state index contributed by atoms with van der Waals surface area (Å²) in [4.78, 5) is 0. The third-order valence-corrected chi connectivity index (χ3v) is 2.90. The molecule has 2 N–H and O–H groups in total. The third kappa shape index (κ3) is 3.05. The first-order chi connectivity index (χ1) is 8.16. The number of rotatable bonds is 3. The monoisotopic (exact) mass is 249 g/mol. The van der Waals surface area contributed by atoms with Gasteiger partial charge in [-0.2, -0.15) is 0 Å². The molecule has 0 aromatic heterocycles. The summed E-state index contributed by atoms with van der Waals surface area (Å²) in [5.41, 5.74) is 7.59. The van der Waals surface area contributed by atoms with Crippen LogP contribution in [-0.2, 0) is 6.42 Å². The van der Waals surface area contributed by atoms with Crippen molar-refractivity contribution in [1.29, 1.82) is 0 Å². The van der Waals surface area contributed by atoms with E-state index in [9.17, 15) is 4.39 Å². The molecule has 2 aromatic rings. The Balaban J connectivity index is 2.17. The summed E-state index contributed by atoms with van der Waals surface area (Å²) in [5.74, 6) is -0.346. The first kappa shape index (κ1) is 12.1. The zero-order chi connectivity index (χ0) is 12.3. The molecule has 0 radical (unpaired) electrons. The highest BCUT2D eigenvalue weighted by Crippen LogP contribution is 2.22. The first-order valence-corrected chi connectivity index (χ1v) is 5.79. The number of benzene rings is 2. The van der Waals surface area contributed by atoms with Crippen molar-refractivity contribution < 1.29 is 4.39 Å². The van der Waals surface area contributed by atoms with Gasteiger partial charge in [0, 0.05) is 16.6 Å². The predicted molar refractivity (Wildman–Crippen MR) is 68.5 cm³/mol. The molecule has 0 bridgehead atoms. The Morgan fingerprint density at radius 3 is 2.47 bits per heavy atom. The average Bonchev–Trinajstić information content (AvgIpc) is 2.30. The van der Waals surface area contributed by atoms with E-state index in [1.165, 1.54) is 6.07 Å². The van der Waals surface area contributed by atoms with Crippen LogP contribution in [0.3, 0.4) is 0 Å². The van der Waals surface area contributed by atoms with Crippen LogP contribution in [0.5, 0.6) is 0 Å². The van der Waals surface area contributed by atoms with Crippen molar-refractivity contribution in [2.24, 2.45) is 5.73 Å². The van der Waals surface area contributed by atoms with E-state index in [1.807, 2.05) is 30.3 Å². The molecule has 0 amide bonds. The molecule has 17 heavy (non-hydrogen) atoms. The van der Waals surface area contributed by atoms with Crippen LogP contribution in [-0.4, -0.2) is 0 Å². The Labute approximate surface area is 105 Å². The minimum Gasteiger partial charge on any atom is -0.324 e. The molecule has 3 heteroatoms. The van der Waals surface area contributed by atoms with Crippen molar-refractivity contribution in [3.05, 3.63) is 70.5 Å². The third-order valence-electron chi connectivity index (χ3n) is 2.66. The van der Waals surface area contributed by atoms with Gasteiger partial charge in [-0.25, -0.2) is 4.39 Å². The van der Waals surface area contributed by atoms with Crippen molar-refractivity contribution in [2.45, 2.75) is 12.5 Å². The van der Waals surface area contributed by atoms with Crippen LogP contribution >= 0.6 is 11.6 Å². The van der Waals surface area contributed by atoms with Gasteiger partial charge in [0.1, 0.15) is 5.82 Å². The molecule has 1 nitrogen and oxygen atoms in total. The van der Waals surface area contributed by atoms with E-state index in [2.05, 4.69) is 0 Å². The lowest BCUT2D eigenvalue weighted by atomic mass is 9.99. The van der Waals surface area contributed by atoms with E-state index >= 15 is 0 Å². The summed E-state index contributed by atoms with van der Waals surface area (Å²) in [6.45, 7) is 0. The fourth-order valence-electron chi connectivity index (χ4n) is 1.78. The fourth-order valence-corrected chi connectivity index (χ4v) is 1.94. The Bertz CT molecular complexity index is 499. The first-order valence-electron chi connectivity index (χ1n) is 5.41. The Kier molecular flexibility index (Phi) is 3.77. The van der Waals surface area contributed by atoms with Crippen LogP contribution in [0, 0.1) is 5.82 Å². The number of nitrogens with two attached hydrogens (primary N) is 1. The molecular formula is C14H13ClFN. The van der Waals surface area contributed by atoms with E-state index in [4.69, 9.17) is 17.3 Å². The van der Waals surface area contributed by atoms with Gasteiger partial charge in [0.05, 0.1) is 0 Å². The molecule has 0 saturated heterocycles. The van der Waals surface area contributed by atoms with Crippen molar-refractivity contribution in [1.82, 2.24) is 0 Å². The lowest BCUT2D eigenvalue weighted by Crippen LogP contribution is -2.14. The summed E-state index contributed by atoms with van der Waals surface area (Å²) in [6.07, 6.45) is 0.611. The summed E-state index contributed by atoms with van der Waals surface area (Å²) >= 11 is 5.70. The maximum absolute atomic E-state index is 13.6. The smallest absolute Gasteiger partial charge is 0.129 e. The summed E-state index contributed by atoms with van der Waals surface area (Å²) in [7, 11) is 0. The maximum Gasteiger partial charge on any atom is 0.129 e. The largest absolute Gasteiger partial charge is 0.324 e. The van der Waals surface area contributed by atoms with E-state index in [0.29, 0.717) is 17.0 Å². The Morgan fingerprint density at radius 1 is 1.12 bits per heavy atom. The van der Waals surface area contributed by atoms with Gasteiger partial charge in [0.25, 0.3) is 0 Å². The minimum atomic E-state index is -0.352. The van der Waals surface area contributed by atoms with Crippen LogP contribution < -0.4 is 5.73 Å². The summed E-state index contributed by atoms with van der Waals surface area (Å²) in [6, 6.07) is 14.0. The minimum absolute atomic E-state index is 0.346. The zero-order valence-corrected chi connectivity index (χ0v) is 9.99. The van der Waals surface area contributed by atoms with Gasteiger partial charge in [0.2, 0.25) is 0 Å². The van der Waals surface area contributed by atoms with Gasteiger partial charge in [-0.05, 0) is 24.1 Å². The average molecular weight is 250 g/mol. The standard InChI is InChI=1S/C14H13ClFN/c15-11-6-7-12(13(16)9-11)14(17)8-10-4-2-1-3-5-10/h1-7,9,14H,8,17H2. The number of hydrogen-bond acceptors (Lipinski definition) is 1. The molecule has 2 rings (SSSR count). The Hall–Kier alpha value is -1.38. The molecule has 0 fully saturated rings. The topological polar surface area (TPSA) is 26.0 Å². The second kappa shape index (κ2) is 5.30. The van der Waals surface area contributed by atoms with Crippen LogP contribution in [0.1, 0.15) is 17.2 Å². The molecule has 0 aliphatic rings. The van der Waals surface area contributed by atoms with Crippen molar-refractivity contribution >= 4 is 11.6 Å². The second-order valence-corrected chi connectivity index (χ2v) is 4.40. The number of halogens is 2. The second-order valence-electron chi connectivity index (χ2n) is 3.96. The van der Waals surface area contributed by atoms with Gasteiger partial charge in [0.15, 0.2) is 0 Å². The quantitative estimate of drug-likeness (QED) is 0.882. The van der Waals surface area contributed by atoms with Crippen LogP contribution in [0.25, 0.3) is 0 Å². The summed E-state index contributed by atoms with van der Waals surface area (Å²) in [5, 5.41) is 0.387. The molecule has 2 aromatic carbocycles. The lowest BCUT2D eigenvalue weighted by Gasteiger charge is -2.13. The maximum atomic E-state index is 13.6. The van der Waals surface area contributed by atoms with E-state index in [1.54, 1.807) is 12.1 Å².